The van der Waals surface area contributed by atoms with Crippen LogP contribution >= 0.6 is 0 Å². The molecule has 6 heteroatoms. The van der Waals surface area contributed by atoms with Gasteiger partial charge in [-0.15, -0.1) is 0 Å². The summed E-state index contributed by atoms with van der Waals surface area (Å²) in [7, 11) is 0.149. The van der Waals surface area contributed by atoms with Crippen molar-refractivity contribution in [2.24, 2.45) is 7.05 Å². The van der Waals surface area contributed by atoms with Crippen molar-refractivity contribution < 1.29 is 8.42 Å². The average molecular weight is 307 g/mol. The Morgan fingerprint density at radius 1 is 1.24 bits per heavy atom. The summed E-state index contributed by atoms with van der Waals surface area (Å²) in [5.74, 6) is 0. The van der Waals surface area contributed by atoms with Gasteiger partial charge in [-0.05, 0) is 32.2 Å². The van der Waals surface area contributed by atoms with Crippen LogP contribution in [0.2, 0.25) is 0 Å². The number of hydrogen-bond acceptors (Lipinski definition) is 3. The van der Waals surface area contributed by atoms with E-state index in [1.807, 2.05) is 43.8 Å². The van der Waals surface area contributed by atoms with Crippen LogP contribution in [-0.2, 0) is 23.6 Å². The molecule has 0 aliphatic heterocycles. The Balaban J connectivity index is 2.43. The maximum Gasteiger partial charge on any atom is 0.265 e. The van der Waals surface area contributed by atoms with E-state index in [4.69, 9.17) is 0 Å². The van der Waals surface area contributed by atoms with Crippen molar-refractivity contribution in [3.05, 3.63) is 48.3 Å². The molecular weight excluding hydrogens is 286 g/mol. The molecule has 2 aromatic rings. The molecule has 0 spiro atoms. The number of para-hydroxylation sites is 1. The Morgan fingerprint density at radius 2 is 1.90 bits per heavy atom. The number of hydrogen-bond donors (Lipinski definition) is 1. The minimum atomic E-state index is -3.54. The van der Waals surface area contributed by atoms with Crippen LogP contribution in [0.1, 0.15) is 12.6 Å². The minimum Gasteiger partial charge on any atom is -0.352 e. The summed E-state index contributed by atoms with van der Waals surface area (Å²) in [6.45, 7) is 2.86. The molecule has 0 amide bonds. The molecule has 0 atom stereocenters. The van der Waals surface area contributed by atoms with Crippen molar-refractivity contribution in [3.63, 3.8) is 0 Å². The zero-order valence-corrected chi connectivity index (χ0v) is 13.4. The second-order valence-corrected chi connectivity index (χ2v) is 6.68. The highest BCUT2D eigenvalue weighted by molar-refractivity contribution is 7.92. The summed E-state index contributed by atoms with van der Waals surface area (Å²) in [6, 6.07) is 10.9. The summed E-state index contributed by atoms with van der Waals surface area (Å²) in [4.78, 5) is 0.320. The molecule has 1 aromatic carbocycles. The second-order valence-electron chi connectivity index (χ2n) is 4.81. The molecule has 1 heterocycles. The van der Waals surface area contributed by atoms with Crippen LogP contribution in [0, 0.1) is 0 Å². The fourth-order valence-electron chi connectivity index (χ4n) is 2.29. The molecule has 0 aliphatic rings. The summed E-state index contributed by atoms with van der Waals surface area (Å²) in [5.41, 5.74) is 1.61. The predicted octanol–water partition coefficient (Wildman–Crippen LogP) is 1.96. The number of benzene rings is 1. The molecule has 0 aliphatic carbocycles. The van der Waals surface area contributed by atoms with Crippen molar-refractivity contribution in [1.82, 2.24) is 9.88 Å². The number of sulfonamides is 1. The first kappa shape index (κ1) is 15.6. The number of nitrogens with one attached hydrogen (secondary N) is 1. The first-order valence-corrected chi connectivity index (χ1v) is 8.32. The molecule has 0 saturated heterocycles. The van der Waals surface area contributed by atoms with Crippen LogP contribution in [0.3, 0.4) is 0 Å². The number of aromatic nitrogens is 1. The Kier molecular flexibility index (Phi) is 4.69. The summed E-state index contributed by atoms with van der Waals surface area (Å²) >= 11 is 0. The summed E-state index contributed by atoms with van der Waals surface area (Å²) in [5, 5.41) is 3.04. The lowest BCUT2D eigenvalue weighted by Gasteiger charge is -2.22. The maximum absolute atomic E-state index is 12.8. The van der Waals surface area contributed by atoms with E-state index < -0.39 is 10.0 Å². The summed E-state index contributed by atoms with van der Waals surface area (Å²) in [6.07, 6.45) is 1.66. The number of rotatable bonds is 6. The Bertz CT molecular complexity index is 693. The van der Waals surface area contributed by atoms with Crippen molar-refractivity contribution >= 4 is 15.7 Å². The fourth-order valence-corrected chi connectivity index (χ4v) is 3.86. The second kappa shape index (κ2) is 6.32. The van der Waals surface area contributed by atoms with Crippen LogP contribution < -0.4 is 9.62 Å². The predicted molar refractivity (Wildman–Crippen MR) is 84.8 cm³/mol. The van der Waals surface area contributed by atoms with Gasteiger partial charge in [-0.1, -0.05) is 18.2 Å². The van der Waals surface area contributed by atoms with Gasteiger partial charge >= 0.3 is 0 Å². The molecule has 0 fully saturated rings. The van der Waals surface area contributed by atoms with Gasteiger partial charge in [0.25, 0.3) is 10.0 Å². The van der Waals surface area contributed by atoms with Gasteiger partial charge in [0.15, 0.2) is 0 Å². The molecular formula is C15H21N3O2S. The molecule has 0 unspecified atom stereocenters. The largest absolute Gasteiger partial charge is 0.352 e. The van der Waals surface area contributed by atoms with Gasteiger partial charge in [-0.3, -0.25) is 4.31 Å². The van der Waals surface area contributed by atoms with E-state index in [0.29, 0.717) is 23.7 Å². The van der Waals surface area contributed by atoms with E-state index in [2.05, 4.69) is 5.32 Å². The van der Waals surface area contributed by atoms with Gasteiger partial charge in [0.2, 0.25) is 0 Å². The SMILES string of the molecule is CCN(c1ccccc1)S(=O)(=O)c1cc(CNC)n(C)c1. The lowest BCUT2D eigenvalue weighted by atomic mass is 10.3. The molecule has 5 nitrogen and oxygen atoms in total. The fraction of sp³-hybridized carbons (Fsp3) is 0.333. The molecule has 114 valence electrons. The smallest absolute Gasteiger partial charge is 0.265 e. The Morgan fingerprint density at radius 3 is 2.48 bits per heavy atom. The van der Waals surface area contributed by atoms with Crippen LogP contribution in [-0.4, -0.2) is 26.6 Å². The molecule has 2 rings (SSSR count). The van der Waals surface area contributed by atoms with Gasteiger partial charge in [-0.25, -0.2) is 8.42 Å². The van der Waals surface area contributed by atoms with E-state index in [0.717, 1.165) is 5.69 Å². The van der Waals surface area contributed by atoms with Crippen molar-refractivity contribution in [2.75, 3.05) is 17.9 Å². The third-order valence-electron chi connectivity index (χ3n) is 3.36. The van der Waals surface area contributed by atoms with Gasteiger partial charge in [0.05, 0.1) is 5.69 Å². The molecule has 0 bridgehead atoms. The van der Waals surface area contributed by atoms with Gasteiger partial charge in [-0.2, -0.15) is 0 Å². The van der Waals surface area contributed by atoms with Crippen LogP contribution in [0.15, 0.2) is 47.5 Å². The van der Waals surface area contributed by atoms with E-state index in [1.165, 1.54) is 4.31 Å². The maximum atomic E-state index is 12.8. The molecule has 0 saturated carbocycles. The zero-order valence-electron chi connectivity index (χ0n) is 12.6. The molecule has 1 N–H and O–H groups in total. The number of anilines is 1. The summed E-state index contributed by atoms with van der Waals surface area (Å²) < 4.78 is 28.9. The zero-order chi connectivity index (χ0) is 15.5. The molecule has 1 aromatic heterocycles. The molecule has 0 radical (unpaired) electrons. The van der Waals surface area contributed by atoms with E-state index >= 15 is 0 Å². The minimum absolute atomic E-state index is 0.320. The molecule has 21 heavy (non-hydrogen) atoms. The Labute approximate surface area is 126 Å². The van der Waals surface area contributed by atoms with Crippen LogP contribution in [0.25, 0.3) is 0 Å². The average Bonchev–Trinajstić information content (AvgIpc) is 2.83. The van der Waals surface area contributed by atoms with Gasteiger partial charge < -0.3 is 9.88 Å². The third kappa shape index (κ3) is 3.11. The van der Waals surface area contributed by atoms with E-state index in [9.17, 15) is 8.42 Å². The normalized spacial score (nSPS) is 11.6. The highest BCUT2D eigenvalue weighted by Crippen LogP contribution is 2.24. The topological polar surface area (TPSA) is 54.3 Å². The first-order chi connectivity index (χ1) is 10.0. The van der Waals surface area contributed by atoms with E-state index in [-0.39, 0.29) is 0 Å². The lowest BCUT2D eigenvalue weighted by molar-refractivity contribution is 0.591. The lowest BCUT2D eigenvalue weighted by Crippen LogP contribution is -2.30. The van der Waals surface area contributed by atoms with E-state index in [1.54, 1.807) is 24.4 Å². The van der Waals surface area contributed by atoms with Crippen LogP contribution in [0.4, 0.5) is 5.69 Å². The highest BCUT2D eigenvalue weighted by Gasteiger charge is 2.25. The standard InChI is InChI=1S/C15H21N3O2S/c1-4-18(13-8-6-5-7-9-13)21(19,20)15-10-14(11-16-2)17(3)12-15/h5-10,12,16H,4,11H2,1-3H3. The van der Waals surface area contributed by atoms with Crippen molar-refractivity contribution in [3.8, 4) is 0 Å². The van der Waals surface area contributed by atoms with Crippen molar-refractivity contribution in [1.29, 1.82) is 0 Å². The number of nitrogens with zero attached hydrogens (tertiary/aromatic N) is 2. The third-order valence-corrected chi connectivity index (χ3v) is 5.23. The Hall–Kier alpha value is -1.79. The van der Waals surface area contributed by atoms with Crippen LogP contribution in [0.5, 0.6) is 0 Å². The number of aryl methyl sites for hydroxylation is 1. The van der Waals surface area contributed by atoms with Gasteiger partial charge in [0.1, 0.15) is 4.90 Å². The highest BCUT2D eigenvalue weighted by atomic mass is 32.2. The first-order valence-electron chi connectivity index (χ1n) is 6.88. The van der Waals surface area contributed by atoms with Gasteiger partial charge in [0, 0.05) is 32.0 Å². The monoisotopic (exact) mass is 307 g/mol. The van der Waals surface area contributed by atoms with Crippen molar-refractivity contribution in [2.45, 2.75) is 18.4 Å². The quantitative estimate of drug-likeness (QED) is 0.887.